The third kappa shape index (κ3) is 7.56. The van der Waals surface area contributed by atoms with Crippen LogP contribution in [-0.2, 0) is 0 Å². The van der Waals surface area contributed by atoms with Gasteiger partial charge in [-0.3, -0.25) is 4.99 Å². The maximum atomic E-state index is 9.36. The first-order chi connectivity index (χ1) is 10.7. The summed E-state index contributed by atoms with van der Waals surface area (Å²) in [6.45, 7) is 11.0. The van der Waals surface area contributed by atoms with Crippen LogP contribution < -0.4 is 10.6 Å². The molecular weight excluding hydrogens is 403 g/mol. The molecule has 1 saturated heterocycles. The summed E-state index contributed by atoms with van der Waals surface area (Å²) in [6.07, 6.45) is 6.07. The number of nitrogens with zero attached hydrogens (tertiary/aromatic N) is 2. The van der Waals surface area contributed by atoms with Crippen molar-refractivity contribution in [3.8, 4) is 0 Å². The molecule has 0 aromatic rings. The number of hydrogen-bond donors (Lipinski definition) is 3. The molecule has 3 N–H and O–H groups in total. The fourth-order valence-electron chi connectivity index (χ4n) is 2.93. The normalized spacial score (nSPS) is 21.6. The predicted octanol–water partition coefficient (Wildman–Crippen LogP) is 2.05. The van der Waals surface area contributed by atoms with Gasteiger partial charge in [0.15, 0.2) is 5.96 Å². The van der Waals surface area contributed by atoms with Gasteiger partial charge >= 0.3 is 0 Å². The second-order valence-corrected chi connectivity index (χ2v) is 7.16. The summed E-state index contributed by atoms with van der Waals surface area (Å²) in [5.74, 6) is 1.80. The number of nitrogens with one attached hydrogen (secondary N) is 2. The highest BCUT2D eigenvalue weighted by Crippen LogP contribution is 2.45. The largest absolute Gasteiger partial charge is 0.396 e. The summed E-state index contributed by atoms with van der Waals surface area (Å²) in [7, 11) is 0. The number of halogens is 1. The summed E-state index contributed by atoms with van der Waals surface area (Å²) in [5, 5.41) is 16.1. The van der Waals surface area contributed by atoms with E-state index in [2.05, 4.69) is 34.4 Å². The Labute approximate surface area is 158 Å². The minimum absolute atomic E-state index is 0. The summed E-state index contributed by atoms with van der Waals surface area (Å²) < 4.78 is 0. The first kappa shape index (κ1) is 21.0. The van der Waals surface area contributed by atoms with Crippen LogP contribution in [0.2, 0.25) is 0 Å². The monoisotopic (exact) mass is 438 g/mol. The van der Waals surface area contributed by atoms with Crippen molar-refractivity contribution in [3.63, 3.8) is 0 Å². The zero-order chi connectivity index (χ0) is 15.8. The van der Waals surface area contributed by atoms with Crippen LogP contribution in [0.15, 0.2) is 4.99 Å². The molecule has 0 unspecified atom stereocenters. The van der Waals surface area contributed by atoms with Gasteiger partial charge in [0.25, 0.3) is 0 Å². The lowest BCUT2D eigenvalue weighted by Gasteiger charge is -2.30. The Kier molecular flexibility index (Phi) is 9.77. The second kappa shape index (κ2) is 10.7. The molecule has 2 fully saturated rings. The molecule has 6 heteroatoms. The van der Waals surface area contributed by atoms with Crippen molar-refractivity contribution in [2.45, 2.75) is 46.0 Å². The molecule has 1 aliphatic carbocycles. The Morgan fingerprint density at radius 2 is 1.96 bits per heavy atom. The first-order valence-electron chi connectivity index (χ1n) is 9.03. The quantitative estimate of drug-likeness (QED) is 0.235. The van der Waals surface area contributed by atoms with E-state index in [4.69, 9.17) is 0 Å². The molecule has 1 heterocycles. The molecule has 0 aromatic carbocycles. The van der Waals surface area contributed by atoms with Gasteiger partial charge in [-0.2, -0.15) is 0 Å². The smallest absolute Gasteiger partial charge is 0.191 e. The molecule has 0 aromatic heterocycles. The Bertz CT molecular complexity index is 353. The van der Waals surface area contributed by atoms with Gasteiger partial charge in [-0.25, -0.2) is 0 Å². The fourth-order valence-corrected chi connectivity index (χ4v) is 2.93. The van der Waals surface area contributed by atoms with Crippen LogP contribution in [0.5, 0.6) is 0 Å². The van der Waals surface area contributed by atoms with E-state index < -0.39 is 0 Å². The molecule has 2 rings (SSSR count). The highest BCUT2D eigenvalue weighted by molar-refractivity contribution is 14.0. The number of aliphatic imine (C=N–C) groups is 1. The molecule has 0 amide bonds. The lowest BCUT2D eigenvalue weighted by atomic mass is 9.99. The molecule has 23 heavy (non-hydrogen) atoms. The van der Waals surface area contributed by atoms with Crippen LogP contribution >= 0.6 is 24.0 Å². The van der Waals surface area contributed by atoms with Gasteiger partial charge in [0, 0.05) is 18.5 Å². The van der Waals surface area contributed by atoms with Crippen molar-refractivity contribution < 1.29 is 5.11 Å². The van der Waals surface area contributed by atoms with Crippen molar-refractivity contribution in [2.75, 3.05) is 45.9 Å². The Morgan fingerprint density at radius 1 is 1.26 bits per heavy atom. The van der Waals surface area contributed by atoms with E-state index in [1.54, 1.807) is 0 Å². The molecule has 136 valence electrons. The summed E-state index contributed by atoms with van der Waals surface area (Å²) >= 11 is 0. The lowest BCUT2D eigenvalue weighted by Crippen LogP contribution is -2.40. The Morgan fingerprint density at radius 3 is 2.52 bits per heavy atom. The van der Waals surface area contributed by atoms with E-state index >= 15 is 0 Å². The van der Waals surface area contributed by atoms with Gasteiger partial charge in [0.1, 0.15) is 0 Å². The number of piperidine rings is 1. The van der Waals surface area contributed by atoms with Crippen LogP contribution in [-0.4, -0.2) is 61.8 Å². The van der Waals surface area contributed by atoms with Crippen molar-refractivity contribution in [1.29, 1.82) is 0 Å². The van der Waals surface area contributed by atoms with Crippen molar-refractivity contribution in [3.05, 3.63) is 0 Å². The topological polar surface area (TPSA) is 59.9 Å². The van der Waals surface area contributed by atoms with Crippen molar-refractivity contribution in [2.24, 2.45) is 16.3 Å². The zero-order valence-corrected chi connectivity index (χ0v) is 17.1. The molecule has 2 aliphatic rings. The van der Waals surface area contributed by atoms with E-state index in [1.165, 1.54) is 32.5 Å². The molecular formula is C17H35IN4O. The predicted molar refractivity (Wildman–Crippen MR) is 108 cm³/mol. The molecule has 0 spiro atoms. The lowest BCUT2D eigenvalue weighted by molar-refractivity contribution is 0.191. The average molecular weight is 438 g/mol. The van der Waals surface area contributed by atoms with Gasteiger partial charge in [-0.15, -0.1) is 24.0 Å². The summed E-state index contributed by atoms with van der Waals surface area (Å²) in [4.78, 5) is 7.21. The van der Waals surface area contributed by atoms with Gasteiger partial charge < -0.3 is 20.6 Å². The van der Waals surface area contributed by atoms with Gasteiger partial charge in [-0.1, -0.05) is 6.92 Å². The zero-order valence-electron chi connectivity index (χ0n) is 14.8. The summed E-state index contributed by atoms with van der Waals surface area (Å²) in [6, 6.07) is 0. The van der Waals surface area contributed by atoms with Crippen LogP contribution in [0.25, 0.3) is 0 Å². The third-order valence-electron chi connectivity index (χ3n) is 5.03. The van der Waals surface area contributed by atoms with Crippen LogP contribution in [0.3, 0.4) is 0 Å². The Balaban J connectivity index is 0.00000264. The maximum Gasteiger partial charge on any atom is 0.191 e. The number of aliphatic hydroxyl groups is 1. The van der Waals surface area contributed by atoms with Gasteiger partial charge in [-0.05, 0) is 64.6 Å². The molecule has 0 bridgehead atoms. The maximum absolute atomic E-state index is 9.36. The highest BCUT2D eigenvalue weighted by Gasteiger charge is 2.41. The van der Waals surface area contributed by atoms with E-state index in [-0.39, 0.29) is 36.0 Å². The standard InChI is InChI=1S/C17H34N4O.HI/c1-3-18-16(20-13-17(14-22)7-8-17)19-9-4-10-21-11-5-15(2)6-12-21;/h15,22H,3-14H2,1-2H3,(H2,18,19,20);1H. The molecule has 1 aliphatic heterocycles. The fraction of sp³-hybridized carbons (Fsp3) is 0.941. The number of guanidine groups is 1. The van der Waals surface area contributed by atoms with Crippen molar-refractivity contribution in [1.82, 2.24) is 15.5 Å². The van der Waals surface area contributed by atoms with Crippen LogP contribution in [0.4, 0.5) is 0 Å². The minimum Gasteiger partial charge on any atom is -0.396 e. The van der Waals surface area contributed by atoms with Gasteiger partial charge in [0.05, 0.1) is 13.2 Å². The number of likely N-dealkylation sites (tertiary alicyclic amines) is 1. The van der Waals surface area contributed by atoms with Crippen LogP contribution in [0.1, 0.15) is 46.0 Å². The molecule has 0 radical (unpaired) electrons. The van der Waals surface area contributed by atoms with Gasteiger partial charge in [0.2, 0.25) is 0 Å². The Hall–Kier alpha value is -0.0800. The van der Waals surface area contributed by atoms with E-state index in [0.29, 0.717) is 0 Å². The van der Waals surface area contributed by atoms with E-state index in [9.17, 15) is 5.11 Å². The summed E-state index contributed by atoms with van der Waals surface area (Å²) in [5.41, 5.74) is 0.0901. The molecule has 1 saturated carbocycles. The number of hydrogen-bond acceptors (Lipinski definition) is 3. The van der Waals surface area contributed by atoms with E-state index in [0.717, 1.165) is 50.8 Å². The molecule has 5 nitrogen and oxygen atoms in total. The number of aliphatic hydroxyl groups excluding tert-OH is 1. The molecule has 0 atom stereocenters. The highest BCUT2D eigenvalue weighted by atomic mass is 127. The average Bonchev–Trinajstić information content (AvgIpc) is 3.31. The minimum atomic E-state index is 0. The number of rotatable bonds is 8. The second-order valence-electron chi connectivity index (χ2n) is 7.16. The SMILES string of the molecule is CCNC(=NCC1(CO)CC1)NCCCN1CCC(C)CC1.I. The first-order valence-corrected chi connectivity index (χ1v) is 9.03. The van der Waals surface area contributed by atoms with Crippen LogP contribution in [0, 0.1) is 11.3 Å². The van der Waals surface area contributed by atoms with Crippen molar-refractivity contribution >= 4 is 29.9 Å². The third-order valence-corrected chi connectivity index (χ3v) is 5.03. The van der Waals surface area contributed by atoms with E-state index in [1.807, 2.05) is 0 Å².